The van der Waals surface area contributed by atoms with Crippen molar-refractivity contribution in [1.82, 2.24) is 14.7 Å². The lowest BCUT2D eigenvalue weighted by Crippen LogP contribution is -2.54. The number of likely N-dealkylation sites (tertiary alicyclic amines) is 1. The number of benzene rings is 2. The molecule has 0 atom stereocenters. The number of piperazine rings is 1. The van der Waals surface area contributed by atoms with Crippen molar-refractivity contribution in [2.75, 3.05) is 39.3 Å². The molecular formula is C25H29N3O4. The molecule has 2 fully saturated rings. The third-order valence-electron chi connectivity index (χ3n) is 6.00. The maximum absolute atomic E-state index is 13.0. The second-order valence-electron chi connectivity index (χ2n) is 8.39. The van der Waals surface area contributed by atoms with Crippen LogP contribution in [0, 0.1) is 6.92 Å². The molecule has 0 unspecified atom stereocenters. The lowest BCUT2D eigenvalue weighted by Gasteiger charge is -2.35. The van der Waals surface area contributed by atoms with E-state index in [1.807, 2.05) is 37.3 Å². The van der Waals surface area contributed by atoms with Gasteiger partial charge in [-0.05, 0) is 43.5 Å². The highest BCUT2D eigenvalue weighted by Gasteiger charge is 2.32. The Bertz CT molecular complexity index is 992. The first-order valence-electron chi connectivity index (χ1n) is 11.2. The number of carbonyl (C=O) groups excluding carboxylic acids is 3. The first-order valence-corrected chi connectivity index (χ1v) is 11.2. The Kier molecular flexibility index (Phi) is 6.73. The highest BCUT2D eigenvalue weighted by molar-refractivity contribution is 6.35. The summed E-state index contributed by atoms with van der Waals surface area (Å²) in [6.45, 7) is 5.35. The van der Waals surface area contributed by atoms with Crippen molar-refractivity contribution in [2.45, 2.75) is 26.4 Å². The summed E-state index contributed by atoms with van der Waals surface area (Å²) in [4.78, 5) is 42.7. The van der Waals surface area contributed by atoms with Gasteiger partial charge in [0, 0.05) is 44.8 Å². The highest BCUT2D eigenvalue weighted by atomic mass is 16.5. The van der Waals surface area contributed by atoms with Crippen LogP contribution in [0.3, 0.4) is 0 Å². The smallest absolute Gasteiger partial charge is 0.312 e. The average Bonchev–Trinajstić information content (AvgIpc) is 3.37. The van der Waals surface area contributed by atoms with Gasteiger partial charge in [0.2, 0.25) is 0 Å². The van der Waals surface area contributed by atoms with E-state index in [0.717, 1.165) is 18.4 Å². The minimum absolute atomic E-state index is 0.0935. The summed E-state index contributed by atoms with van der Waals surface area (Å²) in [6, 6.07) is 15.3. The van der Waals surface area contributed by atoms with Crippen molar-refractivity contribution in [2.24, 2.45) is 0 Å². The van der Waals surface area contributed by atoms with Crippen LogP contribution >= 0.6 is 0 Å². The van der Waals surface area contributed by atoms with E-state index >= 15 is 0 Å². The van der Waals surface area contributed by atoms with Crippen LogP contribution in [-0.2, 0) is 16.2 Å². The number of nitrogens with zero attached hydrogens (tertiary/aromatic N) is 3. The van der Waals surface area contributed by atoms with E-state index in [1.54, 1.807) is 26.8 Å². The van der Waals surface area contributed by atoms with Crippen LogP contribution in [0.1, 0.15) is 34.3 Å². The van der Waals surface area contributed by atoms with Crippen LogP contribution in [0.5, 0.6) is 5.75 Å². The van der Waals surface area contributed by atoms with Gasteiger partial charge in [-0.2, -0.15) is 0 Å². The fourth-order valence-corrected chi connectivity index (χ4v) is 4.17. The first kappa shape index (κ1) is 21.9. The number of aryl methyl sites for hydroxylation is 1. The number of carbonyl (C=O) groups is 3. The van der Waals surface area contributed by atoms with Crippen LogP contribution in [-0.4, -0.2) is 71.7 Å². The largest absolute Gasteiger partial charge is 0.489 e. The second kappa shape index (κ2) is 9.85. The standard InChI is InChI=1S/C25H29N3O4/c1-19-6-4-7-20(16-19)18-32-22-9-5-8-21(17-22)23(29)27-12-14-28(15-13-27)25(31)24(30)26-10-2-3-11-26/h4-9,16-17H,2-3,10-15,18H2,1H3. The van der Waals surface area contributed by atoms with Crippen molar-refractivity contribution in [3.8, 4) is 5.75 Å². The molecule has 168 valence electrons. The molecule has 0 saturated carbocycles. The summed E-state index contributed by atoms with van der Waals surface area (Å²) in [5.74, 6) is -0.322. The Hall–Kier alpha value is -3.35. The molecule has 2 heterocycles. The van der Waals surface area contributed by atoms with Crippen LogP contribution in [0.2, 0.25) is 0 Å². The predicted octanol–water partition coefficient (Wildman–Crippen LogP) is 2.48. The first-order chi connectivity index (χ1) is 15.5. The van der Waals surface area contributed by atoms with Crippen LogP contribution in [0.25, 0.3) is 0 Å². The molecule has 7 nitrogen and oxygen atoms in total. The zero-order valence-electron chi connectivity index (χ0n) is 18.5. The number of hydrogen-bond acceptors (Lipinski definition) is 4. The number of ether oxygens (including phenoxy) is 1. The molecule has 2 aliphatic rings. The Morgan fingerprint density at radius 1 is 0.781 bits per heavy atom. The molecule has 0 aliphatic carbocycles. The summed E-state index contributed by atoms with van der Waals surface area (Å²) >= 11 is 0. The van der Waals surface area contributed by atoms with Gasteiger partial charge in [0.25, 0.3) is 5.91 Å². The maximum Gasteiger partial charge on any atom is 0.312 e. The lowest BCUT2D eigenvalue weighted by molar-refractivity contribution is -0.152. The van der Waals surface area contributed by atoms with E-state index < -0.39 is 11.8 Å². The molecule has 2 aromatic rings. The molecule has 4 rings (SSSR count). The third kappa shape index (κ3) is 5.10. The molecule has 0 aromatic heterocycles. The van der Waals surface area contributed by atoms with E-state index in [2.05, 4.69) is 6.07 Å². The van der Waals surface area contributed by atoms with Gasteiger partial charge in [-0.15, -0.1) is 0 Å². The average molecular weight is 436 g/mol. The molecule has 0 bridgehead atoms. The molecule has 0 radical (unpaired) electrons. The van der Waals surface area contributed by atoms with Crippen molar-refractivity contribution < 1.29 is 19.1 Å². The highest BCUT2D eigenvalue weighted by Crippen LogP contribution is 2.18. The summed E-state index contributed by atoms with van der Waals surface area (Å²) < 4.78 is 5.88. The van der Waals surface area contributed by atoms with E-state index in [9.17, 15) is 14.4 Å². The Morgan fingerprint density at radius 2 is 1.41 bits per heavy atom. The molecule has 32 heavy (non-hydrogen) atoms. The fourth-order valence-electron chi connectivity index (χ4n) is 4.17. The fraction of sp³-hybridized carbons (Fsp3) is 0.400. The molecule has 2 saturated heterocycles. The number of hydrogen-bond donors (Lipinski definition) is 0. The normalized spacial score (nSPS) is 16.2. The maximum atomic E-state index is 13.0. The third-order valence-corrected chi connectivity index (χ3v) is 6.00. The Labute approximate surface area is 188 Å². The Balaban J connectivity index is 1.31. The summed E-state index contributed by atoms with van der Waals surface area (Å²) in [5, 5.41) is 0. The predicted molar refractivity (Wildman–Crippen MR) is 120 cm³/mol. The number of amides is 3. The second-order valence-corrected chi connectivity index (χ2v) is 8.39. The topological polar surface area (TPSA) is 70.2 Å². The van der Waals surface area contributed by atoms with Gasteiger partial charge in [0.05, 0.1) is 0 Å². The minimum Gasteiger partial charge on any atom is -0.489 e. The van der Waals surface area contributed by atoms with E-state index in [0.29, 0.717) is 57.2 Å². The summed E-state index contributed by atoms with van der Waals surface area (Å²) in [7, 11) is 0. The van der Waals surface area contributed by atoms with E-state index in [4.69, 9.17) is 4.74 Å². The monoisotopic (exact) mass is 435 g/mol. The van der Waals surface area contributed by atoms with E-state index in [1.165, 1.54) is 5.56 Å². The van der Waals surface area contributed by atoms with Gasteiger partial charge in [-0.3, -0.25) is 14.4 Å². The molecular weight excluding hydrogens is 406 g/mol. The molecule has 2 aromatic carbocycles. The zero-order chi connectivity index (χ0) is 22.5. The molecule has 2 aliphatic heterocycles. The van der Waals surface area contributed by atoms with Crippen LogP contribution in [0.4, 0.5) is 0 Å². The van der Waals surface area contributed by atoms with Crippen molar-refractivity contribution in [3.63, 3.8) is 0 Å². The Morgan fingerprint density at radius 3 is 2.09 bits per heavy atom. The minimum atomic E-state index is -0.453. The van der Waals surface area contributed by atoms with Gasteiger partial charge in [0.1, 0.15) is 12.4 Å². The van der Waals surface area contributed by atoms with Crippen molar-refractivity contribution >= 4 is 17.7 Å². The quantitative estimate of drug-likeness (QED) is 0.692. The SMILES string of the molecule is Cc1cccc(COc2cccc(C(=O)N3CCN(C(=O)C(=O)N4CCCC4)CC3)c2)c1. The van der Waals surface area contributed by atoms with Crippen molar-refractivity contribution in [3.05, 3.63) is 65.2 Å². The van der Waals surface area contributed by atoms with Gasteiger partial charge in [0.15, 0.2) is 0 Å². The molecule has 7 heteroatoms. The molecule has 3 amide bonds. The van der Waals surface area contributed by atoms with Crippen LogP contribution < -0.4 is 4.74 Å². The van der Waals surface area contributed by atoms with Gasteiger partial charge >= 0.3 is 11.8 Å². The summed E-state index contributed by atoms with van der Waals surface area (Å²) in [6.07, 6.45) is 1.91. The zero-order valence-corrected chi connectivity index (χ0v) is 18.5. The molecule has 0 spiro atoms. The van der Waals surface area contributed by atoms with E-state index in [-0.39, 0.29) is 5.91 Å². The summed E-state index contributed by atoms with van der Waals surface area (Å²) in [5.41, 5.74) is 2.81. The van der Waals surface area contributed by atoms with Gasteiger partial charge in [-0.25, -0.2) is 0 Å². The number of rotatable bonds is 4. The lowest BCUT2D eigenvalue weighted by atomic mass is 10.1. The van der Waals surface area contributed by atoms with Gasteiger partial charge in [-0.1, -0.05) is 35.9 Å². The van der Waals surface area contributed by atoms with Crippen LogP contribution in [0.15, 0.2) is 48.5 Å². The molecule has 0 N–H and O–H groups in total. The van der Waals surface area contributed by atoms with Crippen molar-refractivity contribution in [1.29, 1.82) is 0 Å². The van der Waals surface area contributed by atoms with Gasteiger partial charge < -0.3 is 19.4 Å².